The first kappa shape index (κ1) is 18.2. The van der Waals surface area contributed by atoms with Gasteiger partial charge in [0.15, 0.2) is 0 Å². The Morgan fingerprint density at radius 1 is 1.35 bits per heavy atom. The summed E-state index contributed by atoms with van der Waals surface area (Å²) in [4.78, 5) is 14.5. The van der Waals surface area contributed by atoms with Crippen molar-refractivity contribution < 1.29 is 15.0 Å². The zero-order valence-electron chi connectivity index (χ0n) is 13.1. The van der Waals surface area contributed by atoms with Crippen molar-refractivity contribution in [1.82, 2.24) is 10.2 Å². The first-order chi connectivity index (χ1) is 10.6. The summed E-state index contributed by atoms with van der Waals surface area (Å²) in [6.45, 7) is 1.24. The lowest BCUT2D eigenvalue weighted by molar-refractivity contribution is -0.134. The second kappa shape index (κ2) is 8.11. The highest BCUT2D eigenvalue weighted by atomic mass is 35.5. The highest BCUT2D eigenvalue weighted by Gasteiger charge is 2.37. The molecule has 0 aromatic heterocycles. The third kappa shape index (κ3) is 4.23. The molecule has 0 aliphatic carbocycles. The van der Waals surface area contributed by atoms with Crippen LogP contribution >= 0.6 is 12.4 Å². The van der Waals surface area contributed by atoms with Crippen molar-refractivity contribution in [2.75, 3.05) is 13.1 Å². The number of carbonyl (C=O) groups is 1. The van der Waals surface area contributed by atoms with E-state index < -0.39 is 12.2 Å². The lowest BCUT2D eigenvalue weighted by atomic mass is 10.00. The van der Waals surface area contributed by atoms with Gasteiger partial charge in [-0.05, 0) is 31.2 Å². The van der Waals surface area contributed by atoms with Crippen LogP contribution < -0.4 is 5.32 Å². The molecule has 5 nitrogen and oxygen atoms in total. The Labute approximate surface area is 143 Å². The topological polar surface area (TPSA) is 72.8 Å². The largest absolute Gasteiger partial charge is 0.392 e. The quantitative estimate of drug-likeness (QED) is 0.771. The predicted molar refractivity (Wildman–Crippen MR) is 90.4 cm³/mol. The van der Waals surface area contributed by atoms with Crippen molar-refractivity contribution in [2.45, 2.75) is 50.0 Å². The maximum absolute atomic E-state index is 12.6. The van der Waals surface area contributed by atoms with E-state index in [1.54, 1.807) is 0 Å². The number of rotatable bonds is 4. The number of hydrogen-bond donors (Lipinski definition) is 3. The predicted octanol–water partition coefficient (Wildman–Crippen LogP) is 1.25. The fourth-order valence-electron chi connectivity index (χ4n) is 3.55. The summed E-state index contributed by atoms with van der Waals surface area (Å²) >= 11 is 0. The van der Waals surface area contributed by atoms with E-state index in [2.05, 4.69) is 5.32 Å². The summed E-state index contributed by atoms with van der Waals surface area (Å²) in [6, 6.07) is 9.41. The molecule has 2 saturated heterocycles. The molecule has 2 fully saturated rings. The molecule has 0 bridgehead atoms. The van der Waals surface area contributed by atoms with Crippen molar-refractivity contribution in [3.63, 3.8) is 0 Å². The van der Waals surface area contributed by atoms with Crippen LogP contribution in [0.25, 0.3) is 0 Å². The highest BCUT2D eigenvalue weighted by molar-refractivity contribution is 5.85. The Morgan fingerprint density at radius 2 is 2.09 bits per heavy atom. The van der Waals surface area contributed by atoms with Crippen LogP contribution in [0.3, 0.4) is 0 Å². The van der Waals surface area contributed by atoms with Crippen LogP contribution in [0, 0.1) is 0 Å². The minimum atomic E-state index is -0.540. The van der Waals surface area contributed by atoms with E-state index in [4.69, 9.17) is 0 Å². The fourth-order valence-corrected chi connectivity index (χ4v) is 3.55. The van der Waals surface area contributed by atoms with Crippen molar-refractivity contribution >= 4 is 18.3 Å². The molecule has 0 saturated carbocycles. The van der Waals surface area contributed by atoms with Gasteiger partial charge in [-0.25, -0.2) is 0 Å². The number of hydrogen-bond acceptors (Lipinski definition) is 4. The summed E-state index contributed by atoms with van der Waals surface area (Å²) in [6.07, 6.45) is 2.01. The van der Waals surface area contributed by atoms with Gasteiger partial charge in [0.1, 0.15) is 0 Å². The Kier molecular flexibility index (Phi) is 6.41. The summed E-state index contributed by atoms with van der Waals surface area (Å²) in [7, 11) is 0. The van der Waals surface area contributed by atoms with Crippen LogP contribution in [-0.4, -0.2) is 52.3 Å². The van der Waals surface area contributed by atoms with E-state index >= 15 is 0 Å². The van der Waals surface area contributed by atoms with Crippen molar-refractivity contribution in [3.05, 3.63) is 35.9 Å². The van der Waals surface area contributed by atoms with E-state index in [-0.39, 0.29) is 30.4 Å². The maximum atomic E-state index is 12.6. The molecular formula is C17H25ClN2O3. The number of β-amino-alcohol motifs (C(OH)–C–C–N with tert-alkyl or cyclic N) is 1. The van der Waals surface area contributed by atoms with Crippen molar-refractivity contribution in [1.29, 1.82) is 0 Å². The van der Waals surface area contributed by atoms with Crippen LogP contribution in [0.5, 0.6) is 0 Å². The fraction of sp³-hybridized carbons (Fsp3) is 0.588. The zero-order chi connectivity index (χ0) is 15.5. The molecule has 3 rings (SSSR count). The van der Waals surface area contributed by atoms with E-state index in [1.807, 2.05) is 35.2 Å². The first-order valence-electron chi connectivity index (χ1n) is 8.10. The highest BCUT2D eigenvalue weighted by Crippen LogP contribution is 2.28. The third-order valence-electron chi connectivity index (χ3n) is 4.75. The van der Waals surface area contributed by atoms with Gasteiger partial charge in [0.25, 0.3) is 0 Å². The molecule has 0 radical (unpaired) electrons. The number of carbonyl (C=O) groups excluding carboxylic acids is 1. The number of aliphatic hydroxyl groups is 2. The normalized spacial score (nSPS) is 28.4. The molecule has 23 heavy (non-hydrogen) atoms. The summed E-state index contributed by atoms with van der Waals surface area (Å²) in [5.74, 6) is 0.0688. The van der Waals surface area contributed by atoms with Gasteiger partial charge in [0.05, 0.1) is 18.2 Å². The summed E-state index contributed by atoms with van der Waals surface area (Å²) < 4.78 is 0. The molecule has 1 aromatic carbocycles. The maximum Gasteiger partial charge on any atom is 0.240 e. The lowest BCUT2D eigenvalue weighted by Gasteiger charge is -2.29. The molecule has 2 heterocycles. The monoisotopic (exact) mass is 340 g/mol. The van der Waals surface area contributed by atoms with Crippen LogP contribution in [-0.2, 0) is 4.79 Å². The second-order valence-corrected chi connectivity index (χ2v) is 6.34. The minimum absolute atomic E-state index is 0. The molecule has 0 spiro atoms. The van der Waals surface area contributed by atoms with E-state index in [0.29, 0.717) is 19.4 Å². The van der Waals surface area contributed by atoms with Crippen LogP contribution in [0.2, 0.25) is 0 Å². The zero-order valence-corrected chi connectivity index (χ0v) is 13.9. The molecule has 2 aliphatic heterocycles. The molecule has 1 amide bonds. The van der Waals surface area contributed by atoms with Gasteiger partial charge in [0.2, 0.25) is 5.91 Å². The SMILES string of the molecule is Cl.O=C(C1CC(O)CN1)N1CCCC1CC(O)c1ccccc1. The Balaban J connectivity index is 0.00000192. The van der Waals surface area contributed by atoms with Crippen LogP contribution in [0.15, 0.2) is 30.3 Å². The average molecular weight is 341 g/mol. The molecule has 4 atom stereocenters. The number of likely N-dealkylation sites (tertiary alicyclic amines) is 1. The van der Waals surface area contributed by atoms with Gasteiger partial charge in [-0.2, -0.15) is 0 Å². The summed E-state index contributed by atoms with van der Waals surface area (Å²) in [5, 5.41) is 23.1. The van der Waals surface area contributed by atoms with Crippen LogP contribution in [0.4, 0.5) is 0 Å². The number of nitrogens with zero attached hydrogens (tertiary/aromatic N) is 1. The molecule has 3 N–H and O–H groups in total. The number of aliphatic hydroxyl groups excluding tert-OH is 2. The smallest absolute Gasteiger partial charge is 0.240 e. The van der Waals surface area contributed by atoms with Gasteiger partial charge in [-0.15, -0.1) is 12.4 Å². The second-order valence-electron chi connectivity index (χ2n) is 6.34. The van der Waals surface area contributed by atoms with Gasteiger partial charge in [0, 0.05) is 19.1 Å². The van der Waals surface area contributed by atoms with Gasteiger partial charge in [-0.3, -0.25) is 4.79 Å². The third-order valence-corrected chi connectivity index (χ3v) is 4.75. The molecule has 2 aliphatic rings. The number of halogens is 1. The molecule has 1 aromatic rings. The Morgan fingerprint density at radius 3 is 2.74 bits per heavy atom. The number of benzene rings is 1. The minimum Gasteiger partial charge on any atom is -0.392 e. The molecule has 6 heteroatoms. The Bertz CT molecular complexity index is 514. The lowest BCUT2D eigenvalue weighted by Crippen LogP contribution is -2.46. The number of amides is 1. The molecule has 4 unspecified atom stereocenters. The van der Waals surface area contributed by atoms with Crippen molar-refractivity contribution in [3.8, 4) is 0 Å². The van der Waals surface area contributed by atoms with E-state index in [9.17, 15) is 15.0 Å². The molecular weight excluding hydrogens is 316 g/mol. The van der Waals surface area contributed by atoms with Gasteiger partial charge >= 0.3 is 0 Å². The number of nitrogens with one attached hydrogen (secondary N) is 1. The van der Waals surface area contributed by atoms with Gasteiger partial charge in [-0.1, -0.05) is 30.3 Å². The van der Waals surface area contributed by atoms with E-state index in [1.165, 1.54) is 0 Å². The standard InChI is InChI=1S/C17H24N2O3.ClH/c20-14-10-15(18-11-14)17(22)19-8-4-7-13(19)9-16(21)12-5-2-1-3-6-12;/h1-3,5-6,13-16,18,20-21H,4,7-11H2;1H. The van der Waals surface area contributed by atoms with Crippen LogP contribution in [0.1, 0.15) is 37.4 Å². The average Bonchev–Trinajstić information content (AvgIpc) is 3.16. The van der Waals surface area contributed by atoms with E-state index in [0.717, 1.165) is 24.9 Å². The summed E-state index contributed by atoms with van der Waals surface area (Å²) in [5.41, 5.74) is 0.899. The Hall–Kier alpha value is -1.14. The van der Waals surface area contributed by atoms with Gasteiger partial charge < -0.3 is 20.4 Å². The molecule has 128 valence electrons. The first-order valence-corrected chi connectivity index (χ1v) is 8.10. The van der Waals surface area contributed by atoms with Crippen molar-refractivity contribution in [2.24, 2.45) is 0 Å².